The molecule has 0 unspecified atom stereocenters. The topological polar surface area (TPSA) is 77.0 Å². The van der Waals surface area contributed by atoms with Crippen LogP contribution in [-0.2, 0) is 6.54 Å². The van der Waals surface area contributed by atoms with Crippen molar-refractivity contribution >= 4 is 17.2 Å². The van der Waals surface area contributed by atoms with E-state index < -0.39 is 0 Å². The molecule has 8 nitrogen and oxygen atoms in total. The third-order valence-electron chi connectivity index (χ3n) is 4.85. The summed E-state index contributed by atoms with van der Waals surface area (Å²) >= 11 is 1.51. The highest BCUT2D eigenvalue weighted by atomic mass is 32.1. The van der Waals surface area contributed by atoms with Crippen molar-refractivity contribution in [2.45, 2.75) is 25.3 Å². The first-order chi connectivity index (χ1) is 12.9. The van der Waals surface area contributed by atoms with Crippen LogP contribution in [0.25, 0.3) is 11.5 Å². The molecule has 0 aliphatic carbocycles. The summed E-state index contributed by atoms with van der Waals surface area (Å²) in [5.41, 5.74) is 2.08. The molecule has 1 fully saturated rings. The Morgan fingerprint density at radius 3 is 2.85 bits per heavy atom. The van der Waals surface area contributed by atoms with Crippen LogP contribution in [0.3, 0.4) is 0 Å². The largest absolute Gasteiger partial charge is 0.299 e. The van der Waals surface area contributed by atoms with Crippen LogP contribution in [0, 0.1) is 0 Å². The van der Waals surface area contributed by atoms with E-state index in [2.05, 4.69) is 29.9 Å². The molecule has 26 heavy (non-hydrogen) atoms. The molecule has 4 aromatic rings. The minimum Gasteiger partial charge on any atom is -0.299 e. The Labute approximate surface area is 154 Å². The molecule has 1 aliphatic heterocycles. The maximum absolute atomic E-state index is 4.70. The van der Waals surface area contributed by atoms with Crippen molar-refractivity contribution in [2.24, 2.45) is 0 Å². The lowest BCUT2D eigenvalue weighted by atomic mass is 9.96. The minimum absolute atomic E-state index is 0.377. The van der Waals surface area contributed by atoms with Crippen molar-refractivity contribution in [1.82, 2.24) is 38.9 Å². The first-order valence-corrected chi connectivity index (χ1v) is 9.53. The number of nitrogens with zero attached hydrogens (tertiary/aromatic N) is 8. The molecule has 132 valence electrons. The number of aromatic nitrogens is 7. The van der Waals surface area contributed by atoms with Gasteiger partial charge in [0.15, 0.2) is 17.3 Å². The summed E-state index contributed by atoms with van der Waals surface area (Å²) in [6, 6.07) is 5.75. The van der Waals surface area contributed by atoms with E-state index in [0.717, 1.165) is 49.8 Å². The Morgan fingerprint density at radius 2 is 2.08 bits per heavy atom. The van der Waals surface area contributed by atoms with Gasteiger partial charge in [-0.05, 0) is 61.2 Å². The lowest BCUT2D eigenvalue weighted by Crippen LogP contribution is -2.33. The van der Waals surface area contributed by atoms with Crippen LogP contribution in [0.5, 0.6) is 0 Å². The summed E-state index contributed by atoms with van der Waals surface area (Å²) in [5, 5.41) is 19.8. The second kappa shape index (κ2) is 6.58. The van der Waals surface area contributed by atoms with Gasteiger partial charge in [-0.15, -0.1) is 15.3 Å². The summed E-state index contributed by atoms with van der Waals surface area (Å²) in [4.78, 5) is 2.48. The van der Waals surface area contributed by atoms with Gasteiger partial charge >= 0.3 is 0 Å². The fourth-order valence-corrected chi connectivity index (χ4v) is 4.02. The lowest BCUT2D eigenvalue weighted by Gasteiger charge is -2.30. The summed E-state index contributed by atoms with van der Waals surface area (Å²) < 4.78 is 7.81. The molecular weight excluding hydrogens is 348 g/mol. The number of hydrogen-bond donors (Lipinski definition) is 0. The van der Waals surface area contributed by atoms with Gasteiger partial charge in [0, 0.05) is 36.4 Å². The third-order valence-corrected chi connectivity index (χ3v) is 5.49. The van der Waals surface area contributed by atoms with Crippen molar-refractivity contribution in [3.63, 3.8) is 0 Å². The van der Waals surface area contributed by atoms with E-state index in [1.54, 1.807) is 10.9 Å². The molecule has 4 aromatic heterocycles. The number of piperidine rings is 1. The minimum atomic E-state index is 0.377. The zero-order valence-corrected chi connectivity index (χ0v) is 15.0. The fourth-order valence-electron chi connectivity index (χ4n) is 3.49. The number of fused-ring (bicyclic) bond motifs is 1. The highest BCUT2D eigenvalue weighted by Crippen LogP contribution is 2.27. The molecule has 0 amide bonds. The Hall–Kier alpha value is -2.65. The Morgan fingerprint density at radius 1 is 1.15 bits per heavy atom. The van der Waals surface area contributed by atoms with Gasteiger partial charge in [0.2, 0.25) is 0 Å². The van der Waals surface area contributed by atoms with E-state index >= 15 is 0 Å². The molecule has 1 aliphatic rings. The first-order valence-electron chi connectivity index (χ1n) is 8.70. The van der Waals surface area contributed by atoms with Crippen molar-refractivity contribution in [2.75, 3.05) is 13.1 Å². The van der Waals surface area contributed by atoms with Crippen LogP contribution in [0.15, 0.2) is 42.2 Å². The predicted octanol–water partition coefficient (Wildman–Crippen LogP) is 2.15. The van der Waals surface area contributed by atoms with Gasteiger partial charge in [-0.25, -0.2) is 9.06 Å². The molecule has 0 spiro atoms. The van der Waals surface area contributed by atoms with Gasteiger partial charge < -0.3 is 0 Å². The van der Waals surface area contributed by atoms with E-state index in [0.29, 0.717) is 5.92 Å². The maximum atomic E-state index is 4.70. The van der Waals surface area contributed by atoms with Crippen LogP contribution in [0.1, 0.15) is 30.1 Å². The van der Waals surface area contributed by atoms with E-state index in [-0.39, 0.29) is 0 Å². The van der Waals surface area contributed by atoms with Gasteiger partial charge in [0.05, 0.1) is 0 Å². The van der Waals surface area contributed by atoms with Gasteiger partial charge in [-0.3, -0.25) is 4.90 Å². The zero-order chi connectivity index (χ0) is 17.3. The van der Waals surface area contributed by atoms with Crippen molar-refractivity contribution in [3.05, 3.63) is 53.6 Å². The maximum Gasteiger partial charge on any atom is 0.178 e. The first kappa shape index (κ1) is 15.6. The fraction of sp³-hybridized carbons (Fsp3) is 0.353. The summed E-state index contributed by atoms with van der Waals surface area (Å²) in [7, 11) is 0. The lowest BCUT2D eigenvalue weighted by molar-refractivity contribution is 0.201. The summed E-state index contributed by atoms with van der Waals surface area (Å²) in [5.74, 6) is 2.10. The van der Waals surface area contributed by atoms with Crippen molar-refractivity contribution in [1.29, 1.82) is 0 Å². The Balaban J connectivity index is 1.35. The molecule has 0 saturated carbocycles. The molecule has 9 heteroatoms. The Bertz CT molecular complexity index is 983. The van der Waals surface area contributed by atoms with E-state index in [1.165, 1.54) is 17.1 Å². The van der Waals surface area contributed by atoms with Crippen LogP contribution >= 0.6 is 11.5 Å². The average molecular weight is 366 g/mol. The quantitative estimate of drug-likeness (QED) is 0.551. The molecule has 1 saturated heterocycles. The van der Waals surface area contributed by atoms with Gasteiger partial charge in [-0.2, -0.15) is 9.61 Å². The highest BCUT2D eigenvalue weighted by molar-refractivity contribution is 7.03. The monoisotopic (exact) mass is 366 g/mol. The molecule has 0 N–H and O–H groups in total. The molecule has 5 heterocycles. The van der Waals surface area contributed by atoms with Crippen molar-refractivity contribution < 1.29 is 0 Å². The third kappa shape index (κ3) is 2.89. The molecule has 0 bridgehead atoms. The molecular formula is C17H18N8S. The van der Waals surface area contributed by atoms with Gasteiger partial charge in [0.25, 0.3) is 0 Å². The van der Waals surface area contributed by atoms with Crippen LogP contribution in [0.4, 0.5) is 0 Å². The SMILES string of the molecule is c1cnn(-c2ccc3nnc(C4CCN(Cc5cnsc5)CC4)n3n2)c1. The van der Waals surface area contributed by atoms with Gasteiger partial charge in [-0.1, -0.05) is 0 Å². The summed E-state index contributed by atoms with van der Waals surface area (Å²) in [6.07, 6.45) is 7.72. The van der Waals surface area contributed by atoms with E-state index in [1.807, 2.05) is 35.1 Å². The zero-order valence-electron chi connectivity index (χ0n) is 14.1. The van der Waals surface area contributed by atoms with Crippen LogP contribution in [-0.4, -0.2) is 52.0 Å². The smallest absolute Gasteiger partial charge is 0.178 e. The molecule has 0 atom stereocenters. The number of rotatable bonds is 4. The van der Waals surface area contributed by atoms with Crippen LogP contribution < -0.4 is 0 Å². The molecule has 0 aromatic carbocycles. The second-order valence-corrected chi connectivity index (χ2v) is 7.21. The molecule has 5 rings (SSSR count). The van der Waals surface area contributed by atoms with Gasteiger partial charge in [0.1, 0.15) is 0 Å². The highest BCUT2D eigenvalue weighted by Gasteiger charge is 2.25. The van der Waals surface area contributed by atoms with E-state index in [9.17, 15) is 0 Å². The second-order valence-electron chi connectivity index (χ2n) is 6.55. The predicted molar refractivity (Wildman–Crippen MR) is 97.3 cm³/mol. The standard InChI is InChI=1S/C17H18N8S/c1-6-18-24(7-1)16-3-2-15-20-21-17(25(15)22-16)14-4-8-23(9-5-14)11-13-10-19-26-12-13/h1-3,6-7,10,12,14H,4-5,8-9,11H2. The van der Waals surface area contributed by atoms with Crippen LogP contribution in [0.2, 0.25) is 0 Å². The molecule has 0 radical (unpaired) electrons. The summed E-state index contributed by atoms with van der Waals surface area (Å²) in [6.45, 7) is 3.08. The number of likely N-dealkylation sites (tertiary alicyclic amines) is 1. The Kier molecular flexibility index (Phi) is 3.95. The van der Waals surface area contributed by atoms with E-state index in [4.69, 9.17) is 5.10 Å². The van der Waals surface area contributed by atoms with Crippen molar-refractivity contribution in [3.8, 4) is 5.82 Å². The normalized spacial score (nSPS) is 16.5. The number of hydrogen-bond acceptors (Lipinski definition) is 7. The average Bonchev–Trinajstić information content (AvgIpc) is 3.43.